The van der Waals surface area contributed by atoms with Crippen LogP contribution in [0.25, 0.3) is 0 Å². The number of methoxy groups -OCH3 is 1. The van der Waals surface area contributed by atoms with Gasteiger partial charge >= 0.3 is 0 Å². The van der Waals surface area contributed by atoms with Gasteiger partial charge in [0.15, 0.2) is 0 Å². The lowest BCUT2D eigenvalue weighted by Gasteiger charge is -2.26. The van der Waals surface area contributed by atoms with Gasteiger partial charge in [0.1, 0.15) is 5.75 Å². The first kappa shape index (κ1) is 14.2. The maximum Gasteiger partial charge on any atom is 0.220 e. The number of amides is 1. The molecule has 19 heavy (non-hydrogen) atoms. The first-order valence-electron chi connectivity index (χ1n) is 6.76. The predicted octanol–water partition coefficient (Wildman–Crippen LogP) is 3.21. The van der Waals surface area contributed by atoms with Crippen LogP contribution in [0.1, 0.15) is 42.9 Å². The summed E-state index contributed by atoms with van der Waals surface area (Å²) in [6.07, 6.45) is 4.40. The molecule has 0 bridgehead atoms. The van der Waals surface area contributed by atoms with Crippen LogP contribution in [-0.4, -0.2) is 18.9 Å². The number of alkyl halides is 1. The molecule has 1 amide bonds. The lowest BCUT2D eigenvalue weighted by molar-refractivity contribution is -0.121. The summed E-state index contributed by atoms with van der Waals surface area (Å²) in [6, 6.07) is 6.24. The number of aryl methyl sites for hydroxylation is 1. The largest absolute Gasteiger partial charge is 0.497 e. The van der Waals surface area contributed by atoms with Gasteiger partial charge in [-0.15, -0.1) is 11.6 Å². The Bertz CT molecular complexity index is 448. The van der Waals surface area contributed by atoms with Gasteiger partial charge in [-0.25, -0.2) is 0 Å². The number of hydrogen-bond donors (Lipinski definition) is 1. The third-order valence-corrected chi connectivity index (χ3v) is 3.80. The van der Waals surface area contributed by atoms with Crippen LogP contribution < -0.4 is 10.1 Å². The fraction of sp³-hybridized carbons (Fsp3) is 0.533. The number of halogens is 1. The maximum atomic E-state index is 11.8. The summed E-state index contributed by atoms with van der Waals surface area (Å²) in [7, 11) is 1.68. The fourth-order valence-corrected chi connectivity index (χ4v) is 2.70. The van der Waals surface area contributed by atoms with Crippen LogP contribution in [-0.2, 0) is 11.2 Å². The zero-order valence-corrected chi connectivity index (χ0v) is 12.0. The van der Waals surface area contributed by atoms with Crippen molar-refractivity contribution in [1.82, 2.24) is 5.32 Å². The van der Waals surface area contributed by atoms with Crippen LogP contribution >= 0.6 is 11.6 Å². The Morgan fingerprint density at radius 3 is 3.11 bits per heavy atom. The number of nitrogens with one attached hydrogen (secondary N) is 1. The van der Waals surface area contributed by atoms with Gasteiger partial charge in [0.25, 0.3) is 0 Å². The lowest BCUT2D eigenvalue weighted by Crippen LogP contribution is -2.30. The Hall–Kier alpha value is -1.22. The first-order valence-corrected chi connectivity index (χ1v) is 7.30. The minimum Gasteiger partial charge on any atom is -0.497 e. The first-order chi connectivity index (χ1) is 9.24. The summed E-state index contributed by atoms with van der Waals surface area (Å²) in [5.41, 5.74) is 2.51. The molecule has 4 heteroatoms. The SMILES string of the molecule is COc1ccc2c(c1)CCCC2NC(=O)CCCCl. The van der Waals surface area contributed by atoms with E-state index < -0.39 is 0 Å². The topological polar surface area (TPSA) is 38.3 Å². The van der Waals surface area contributed by atoms with E-state index in [1.54, 1.807) is 7.11 Å². The molecular formula is C15H20ClNO2. The molecule has 1 atom stereocenters. The molecule has 1 aromatic rings. The Morgan fingerprint density at radius 1 is 1.53 bits per heavy atom. The summed E-state index contributed by atoms with van der Waals surface area (Å²) in [4.78, 5) is 11.8. The van der Waals surface area contributed by atoms with Crippen LogP contribution in [0.5, 0.6) is 5.75 Å². The van der Waals surface area contributed by atoms with Crippen LogP contribution in [0.4, 0.5) is 0 Å². The van der Waals surface area contributed by atoms with E-state index in [1.807, 2.05) is 6.07 Å². The van der Waals surface area contributed by atoms with Crippen molar-refractivity contribution in [2.45, 2.75) is 38.1 Å². The molecule has 3 nitrogen and oxygen atoms in total. The van der Waals surface area contributed by atoms with Crippen molar-refractivity contribution in [1.29, 1.82) is 0 Å². The molecule has 0 spiro atoms. The molecule has 0 saturated heterocycles. The normalized spacial score (nSPS) is 17.7. The molecular weight excluding hydrogens is 262 g/mol. The van der Waals surface area contributed by atoms with Gasteiger partial charge < -0.3 is 10.1 Å². The van der Waals surface area contributed by atoms with Crippen molar-refractivity contribution in [3.63, 3.8) is 0 Å². The molecule has 0 saturated carbocycles. The highest BCUT2D eigenvalue weighted by Gasteiger charge is 2.21. The van der Waals surface area contributed by atoms with E-state index in [-0.39, 0.29) is 11.9 Å². The average molecular weight is 282 g/mol. The fourth-order valence-electron chi connectivity index (χ4n) is 2.56. The minimum atomic E-state index is 0.0920. The Morgan fingerprint density at radius 2 is 2.37 bits per heavy atom. The van der Waals surface area contributed by atoms with Gasteiger partial charge in [-0.1, -0.05) is 6.07 Å². The molecule has 0 radical (unpaired) electrons. The van der Waals surface area contributed by atoms with E-state index in [0.29, 0.717) is 12.3 Å². The Labute approximate surface area is 119 Å². The molecule has 0 fully saturated rings. The number of carbonyl (C=O) groups excluding carboxylic acids is 1. The van der Waals surface area contributed by atoms with Crippen molar-refractivity contribution >= 4 is 17.5 Å². The van der Waals surface area contributed by atoms with E-state index >= 15 is 0 Å². The van der Waals surface area contributed by atoms with Crippen LogP contribution in [0.3, 0.4) is 0 Å². The van der Waals surface area contributed by atoms with E-state index in [2.05, 4.69) is 17.4 Å². The standard InChI is InChI=1S/C15H20ClNO2/c1-19-12-7-8-13-11(10-12)4-2-5-14(13)17-15(18)6-3-9-16/h7-8,10,14H,2-6,9H2,1H3,(H,17,18). The maximum absolute atomic E-state index is 11.8. The summed E-state index contributed by atoms with van der Waals surface area (Å²) >= 11 is 5.61. The van der Waals surface area contributed by atoms with E-state index in [4.69, 9.17) is 16.3 Å². The van der Waals surface area contributed by atoms with Gasteiger partial charge in [-0.3, -0.25) is 4.79 Å². The monoisotopic (exact) mass is 281 g/mol. The van der Waals surface area contributed by atoms with Crippen molar-refractivity contribution in [3.05, 3.63) is 29.3 Å². The van der Waals surface area contributed by atoms with Crippen LogP contribution in [0, 0.1) is 0 Å². The van der Waals surface area contributed by atoms with E-state index in [1.165, 1.54) is 11.1 Å². The second kappa shape index (κ2) is 6.80. The van der Waals surface area contributed by atoms with E-state index in [0.717, 1.165) is 31.4 Å². The zero-order valence-electron chi connectivity index (χ0n) is 11.2. The third-order valence-electron chi connectivity index (χ3n) is 3.54. The van der Waals surface area contributed by atoms with Gasteiger partial charge in [0, 0.05) is 12.3 Å². The van der Waals surface area contributed by atoms with Crippen molar-refractivity contribution in [2.24, 2.45) is 0 Å². The zero-order chi connectivity index (χ0) is 13.7. The Kier molecular flexibility index (Phi) is 5.08. The molecule has 0 aliphatic heterocycles. The number of carbonyl (C=O) groups is 1. The van der Waals surface area contributed by atoms with Crippen LogP contribution in [0.15, 0.2) is 18.2 Å². The molecule has 1 aliphatic rings. The van der Waals surface area contributed by atoms with Gasteiger partial charge in [-0.05, 0) is 48.9 Å². The number of benzene rings is 1. The highest BCUT2D eigenvalue weighted by atomic mass is 35.5. The highest BCUT2D eigenvalue weighted by molar-refractivity contribution is 6.17. The molecule has 1 aromatic carbocycles. The molecule has 0 aromatic heterocycles. The molecule has 104 valence electrons. The number of fused-ring (bicyclic) bond motifs is 1. The van der Waals surface area contributed by atoms with Gasteiger partial charge in [0.2, 0.25) is 5.91 Å². The molecule has 1 unspecified atom stereocenters. The average Bonchev–Trinajstić information content (AvgIpc) is 2.44. The predicted molar refractivity (Wildman–Crippen MR) is 76.8 cm³/mol. The Balaban J connectivity index is 2.07. The highest BCUT2D eigenvalue weighted by Crippen LogP contribution is 2.32. The molecule has 2 rings (SSSR count). The smallest absolute Gasteiger partial charge is 0.220 e. The van der Waals surface area contributed by atoms with Crippen molar-refractivity contribution in [3.8, 4) is 5.75 Å². The van der Waals surface area contributed by atoms with Crippen molar-refractivity contribution < 1.29 is 9.53 Å². The quantitative estimate of drug-likeness (QED) is 0.842. The summed E-state index contributed by atoms with van der Waals surface area (Å²) in [5, 5.41) is 3.11. The summed E-state index contributed by atoms with van der Waals surface area (Å²) < 4.78 is 5.25. The summed E-state index contributed by atoms with van der Waals surface area (Å²) in [5.74, 6) is 1.51. The molecule has 1 N–H and O–H groups in total. The minimum absolute atomic E-state index is 0.0920. The molecule has 0 heterocycles. The second-order valence-corrected chi connectivity index (χ2v) is 5.25. The second-order valence-electron chi connectivity index (χ2n) is 4.87. The molecule has 1 aliphatic carbocycles. The van der Waals surface area contributed by atoms with E-state index in [9.17, 15) is 4.79 Å². The number of ether oxygens (including phenoxy) is 1. The lowest BCUT2D eigenvalue weighted by atomic mass is 9.87. The van der Waals surface area contributed by atoms with Crippen molar-refractivity contribution in [2.75, 3.05) is 13.0 Å². The van der Waals surface area contributed by atoms with Crippen LogP contribution in [0.2, 0.25) is 0 Å². The van der Waals surface area contributed by atoms with Gasteiger partial charge in [-0.2, -0.15) is 0 Å². The summed E-state index contributed by atoms with van der Waals surface area (Å²) in [6.45, 7) is 0. The number of rotatable bonds is 5. The number of hydrogen-bond acceptors (Lipinski definition) is 2. The van der Waals surface area contributed by atoms with Gasteiger partial charge in [0.05, 0.1) is 13.2 Å². The third kappa shape index (κ3) is 3.63.